The van der Waals surface area contributed by atoms with Crippen LogP contribution in [-0.4, -0.2) is 33.4 Å². The Morgan fingerprint density at radius 3 is 2.93 bits per heavy atom. The zero-order valence-corrected chi connectivity index (χ0v) is 8.72. The minimum absolute atomic E-state index is 0.0733. The molecule has 5 nitrogen and oxygen atoms in total. The van der Waals surface area contributed by atoms with E-state index >= 15 is 0 Å². The van der Waals surface area contributed by atoms with Gasteiger partial charge in [0.25, 0.3) is 0 Å². The molecule has 1 unspecified atom stereocenters. The molecule has 80 valence electrons. The monoisotopic (exact) mass is 218 g/mol. The minimum atomic E-state index is -3.41. The Balaban J connectivity index is 2.46. The van der Waals surface area contributed by atoms with Gasteiger partial charge in [0.05, 0.1) is 6.07 Å². The predicted octanol–water partition coefficient (Wildman–Crippen LogP) is -0.00152. The first kappa shape index (κ1) is 11.4. The molecule has 1 fully saturated rings. The van der Waals surface area contributed by atoms with Gasteiger partial charge in [0, 0.05) is 19.3 Å². The van der Waals surface area contributed by atoms with Crippen LogP contribution in [0.3, 0.4) is 0 Å². The number of sulfonamides is 1. The van der Waals surface area contributed by atoms with Gasteiger partial charge in [0.15, 0.2) is 5.75 Å². The highest BCUT2D eigenvalue weighted by molar-refractivity contribution is 7.89. The van der Waals surface area contributed by atoms with Crippen molar-refractivity contribution in [2.45, 2.75) is 25.3 Å². The minimum Gasteiger partial charge on any atom is -0.381 e. The van der Waals surface area contributed by atoms with E-state index in [-0.39, 0.29) is 6.04 Å². The highest BCUT2D eigenvalue weighted by Gasteiger charge is 2.18. The van der Waals surface area contributed by atoms with E-state index in [4.69, 9.17) is 10.00 Å². The van der Waals surface area contributed by atoms with Gasteiger partial charge in [0.1, 0.15) is 0 Å². The molecule has 1 rings (SSSR count). The number of rotatable bonds is 3. The quantitative estimate of drug-likeness (QED) is 0.723. The van der Waals surface area contributed by atoms with E-state index in [1.165, 1.54) is 0 Å². The van der Waals surface area contributed by atoms with Crippen LogP contribution in [0.5, 0.6) is 0 Å². The highest BCUT2D eigenvalue weighted by atomic mass is 32.2. The predicted molar refractivity (Wildman–Crippen MR) is 51.0 cm³/mol. The molecule has 0 saturated carbocycles. The molecule has 0 amide bonds. The van der Waals surface area contributed by atoms with E-state index < -0.39 is 15.8 Å². The van der Waals surface area contributed by atoms with Crippen LogP contribution >= 0.6 is 0 Å². The highest BCUT2D eigenvalue weighted by Crippen LogP contribution is 2.09. The van der Waals surface area contributed by atoms with Gasteiger partial charge in [-0.1, -0.05) is 0 Å². The van der Waals surface area contributed by atoms with Crippen LogP contribution in [0.15, 0.2) is 0 Å². The van der Waals surface area contributed by atoms with Crippen molar-refractivity contribution in [2.24, 2.45) is 0 Å². The zero-order valence-electron chi connectivity index (χ0n) is 7.90. The fourth-order valence-electron chi connectivity index (χ4n) is 1.40. The number of nitrogens with zero attached hydrogens (tertiary/aromatic N) is 1. The molecule has 14 heavy (non-hydrogen) atoms. The van der Waals surface area contributed by atoms with Crippen molar-refractivity contribution >= 4 is 10.0 Å². The molecule has 1 aliphatic heterocycles. The molecule has 0 bridgehead atoms. The molecule has 1 heterocycles. The van der Waals surface area contributed by atoms with Gasteiger partial charge in [-0.05, 0) is 19.3 Å². The summed E-state index contributed by atoms with van der Waals surface area (Å²) in [5.41, 5.74) is 0. The summed E-state index contributed by atoms with van der Waals surface area (Å²) in [6.45, 7) is 1.27. The van der Waals surface area contributed by atoms with Crippen molar-refractivity contribution in [1.82, 2.24) is 4.72 Å². The summed E-state index contributed by atoms with van der Waals surface area (Å²) in [5.74, 6) is -0.468. The third kappa shape index (κ3) is 4.05. The van der Waals surface area contributed by atoms with Gasteiger partial charge < -0.3 is 4.74 Å². The van der Waals surface area contributed by atoms with Crippen molar-refractivity contribution in [2.75, 3.05) is 19.0 Å². The first-order valence-corrected chi connectivity index (χ1v) is 6.24. The maximum atomic E-state index is 11.2. The van der Waals surface area contributed by atoms with Crippen LogP contribution < -0.4 is 4.72 Å². The van der Waals surface area contributed by atoms with E-state index in [0.717, 1.165) is 12.8 Å². The number of hydrogen-bond donors (Lipinski definition) is 1. The Morgan fingerprint density at radius 1 is 1.43 bits per heavy atom. The molecule has 1 N–H and O–H groups in total. The van der Waals surface area contributed by atoms with Crippen LogP contribution in [0.1, 0.15) is 19.3 Å². The molecule has 1 atom stereocenters. The lowest BCUT2D eigenvalue weighted by atomic mass is 10.1. The van der Waals surface area contributed by atoms with E-state index in [1.807, 2.05) is 0 Å². The Labute approximate surface area is 84.1 Å². The van der Waals surface area contributed by atoms with Crippen LogP contribution in [0, 0.1) is 11.3 Å². The summed E-state index contributed by atoms with van der Waals surface area (Å²) in [7, 11) is -3.41. The van der Waals surface area contributed by atoms with Crippen LogP contribution in [0.25, 0.3) is 0 Å². The van der Waals surface area contributed by atoms with Gasteiger partial charge in [-0.2, -0.15) is 5.26 Å². The number of nitriles is 1. The molecule has 1 saturated heterocycles. The fraction of sp³-hybridized carbons (Fsp3) is 0.875. The van der Waals surface area contributed by atoms with Gasteiger partial charge >= 0.3 is 0 Å². The summed E-state index contributed by atoms with van der Waals surface area (Å²) in [6.07, 6.45) is 2.33. The maximum Gasteiger partial charge on any atom is 0.225 e. The van der Waals surface area contributed by atoms with E-state index in [0.29, 0.717) is 19.6 Å². The molecule has 6 heteroatoms. The SMILES string of the molecule is N#CCS(=O)(=O)NC1CCCOCC1. The maximum absolute atomic E-state index is 11.2. The lowest BCUT2D eigenvalue weighted by Crippen LogP contribution is -2.36. The van der Waals surface area contributed by atoms with E-state index in [2.05, 4.69) is 4.72 Å². The first-order valence-electron chi connectivity index (χ1n) is 4.59. The Hall–Kier alpha value is -0.640. The fourth-order valence-corrected chi connectivity index (χ4v) is 2.40. The van der Waals surface area contributed by atoms with Crippen LogP contribution in [0.4, 0.5) is 0 Å². The van der Waals surface area contributed by atoms with Crippen molar-refractivity contribution in [3.8, 4) is 6.07 Å². The van der Waals surface area contributed by atoms with E-state index in [9.17, 15) is 8.42 Å². The van der Waals surface area contributed by atoms with Crippen molar-refractivity contribution in [3.05, 3.63) is 0 Å². The topological polar surface area (TPSA) is 79.2 Å². The summed E-state index contributed by atoms with van der Waals surface area (Å²) >= 11 is 0. The Morgan fingerprint density at radius 2 is 2.21 bits per heavy atom. The lowest BCUT2D eigenvalue weighted by molar-refractivity contribution is 0.143. The third-order valence-corrected chi connectivity index (χ3v) is 3.25. The van der Waals surface area contributed by atoms with Gasteiger partial charge in [-0.15, -0.1) is 0 Å². The Kier molecular flexibility index (Phi) is 4.32. The zero-order chi connectivity index (χ0) is 10.4. The molecular weight excluding hydrogens is 204 g/mol. The molecule has 0 spiro atoms. The summed E-state index contributed by atoms with van der Waals surface area (Å²) < 4.78 is 30.2. The largest absolute Gasteiger partial charge is 0.381 e. The summed E-state index contributed by atoms with van der Waals surface area (Å²) in [4.78, 5) is 0. The molecule has 0 aromatic heterocycles. The molecule has 0 aromatic rings. The third-order valence-electron chi connectivity index (χ3n) is 2.05. The average molecular weight is 218 g/mol. The van der Waals surface area contributed by atoms with Crippen LogP contribution in [-0.2, 0) is 14.8 Å². The summed E-state index contributed by atoms with van der Waals surface area (Å²) in [6, 6.07) is 1.56. The second kappa shape index (κ2) is 5.29. The molecule has 0 radical (unpaired) electrons. The van der Waals surface area contributed by atoms with Crippen molar-refractivity contribution in [3.63, 3.8) is 0 Å². The number of nitrogens with one attached hydrogen (secondary N) is 1. The lowest BCUT2D eigenvalue weighted by Gasteiger charge is -2.13. The molecular formula is C8H14N2O3S. The van der Waals surface area contributed by atoms with Crippen molar-refractivity contribution < 1.29 is 13.2 Å². The van der Waals surface area contributed by atoms with Crippen LogP contribution in [0.2, 0.25) is 0 Å². The number of hydrogen-bond acceptors (Lipinski definition) is 4. The first-order chi connectivity index (χ1) is 6.64. The second-order valence-electron chi connectivity index (χ2n) is 3.28. The van der Waals surface area contributed by atoms with E-state index in [1.54, 1.807) is 6.07 Å². The molecule has 1 aliphatic rings. The van der Waals surface area contributed by atoms with Crippen molar-refractivity contribution in [1.29, 1.82) is 5.26 Å². The average Bonchev–Trinajstić information content (AvgIpc) is 2.31. The van der Waals surface area contributed by atoms with Gasteiger partial charge in [-0.25, -0.2) is 13.1 Å². The van der Waals surface area contributed by atoms with Gasteiger partial charge in [0.2, 0.25) is 10.0 Å². The molecule has 0 aliphatic carbocycles. The summed E-state index contributed by atoms with van der Waals surface area (Å²) in [5, 5.41) is 8.29. The molecule has 0 aromatic carbocycles. The number of ether oxygens (including phenoxy) is 1. The smallest absolute Gasteiger partial charge is 0.225 e. The van der Waals surface area contributed by atoms with Gasteiger partial charge in [-0.3, -0.25) is 0 Å². The second-order valence-corrected chi connectivity index (χ2v) is 5.03. The normalized spacial score (nSPS) is 23.8. The Bertz CT molecular complexity index is 299. The standard InChI is InChI=1S/C8H14N2O3S/c9-4-7-14(11,12)10-8-2-1-5-13-6-3-8/h8,10H,1-3,5-7H2.